The number of nitrogens with one attached hydrogen (secondary N) is 1. The van der Waals surface area contributed by atoms with Crippen molar-refractivity contribution in [2.75, 3.05) is 33.9 Å². The Balaban J connectivity index is 2.43. The number of quaternary nitrogens is 1. The first-order valence-corrected chi connectivity index (χ1v) is 5.37. The molecule has 1 aromatic rings. The summed E-state index contributed by atoms with van der Waals surface area (Å²) < 4.78 is 11.0. The summed E-state index contributed by atoms with van der Waals surface area (Å²) in [6, 6.07) is 7.76. The lowest BCUT2D eigenvalue weighted by Crippen LogP contribution is -3.06. The zero-order chi connectivity index (χ0) is 11.1. The highest BCUT2D eigenvalue weighted by molar-refractivity contribution is 5.32. The van der Waals surface area contributed by atoms with Gasteiger partial charge in [0.2, 0.25) is 0 Å². The summed E-state index contributed by atoms with van der Waals surface area (Å²) in [5, 5.41) is 0. The summed E-state index contributed by atoms with van der Waals surface area (Å²) in [5.74, 6) is 1.74. The maximum atomic E-state index is 5.60. The van der Waals surface area contributed by atoms with Crippen molar-refractivity contribution >= 4 is 0 Å². The van der Waals surface area contributed by atoms with Crippen LogP contribution in [0, 0.1) is 0 Å². The molecule has 15 heavy (non-hydrogen) atoms. The molecule has 0 unspecified atom stereocenters. The highest BCUT2D eigenvalue weighted by Gasteiger charge is 1.98. The molecule has 3 nitrogen and oxygen atoms in total. The Morgan fingerprint density at radius 1 is 1.13 bits per heavy atom. The molecule has 0 amide bonds. The molecule has 1 N–H and O–H groups in total. The fourth-order valence-electron chi connectivity index (χ4n) is 1.19. The van der Waals surface area contributed by atoms with Gasteiger partial charge < -0.3 is 14.4 Å². The van der Waals surface area contributed by atoms with E-state index < -0.39 is 0 Å². The van der Waals surface area contributed by atoms with Gasteiger partial charge in [0.25, 0.3) is 0 Å². The van der Waals surface area contributed by atoms with E-state index in [9.17, 15) is 0 Å². The second-order valence-corrected chi connectivity index (χ2v) is 3.71. The fraction of sp³-hybridized carbons (Fsp3) is 0.500. The van der Waals surface area contributed by atoms with Crippen LogP contribution in [0.3, 0.4) is 0 Å². The van der Waals surface area contributed by atoms with E-state index in [2.05, 4.69) is 14.1 Å². The van der Waals surface area contributed by atoms with E-state index in [4.69, 9.17) is 9.47 Å². The predicted molar refractivity (Wildman–Crippen MR) is 60.8 cm³/mol. The summed E-state index contributed by atoms with van der Waals surface area (Å²) in [7, 11) is 4.22. The minimum atomic E-state index is 0.686. The Bertz CT molecular complexity index is 287. The van der Waals surface area contributed by atoms with E-state index in [1.165, 1.54) is 4.90 Å². The molecule has 1 rings (SSSR count). The van der Waals surface area contributed by atoms with E-state index in [0.29, 0.717) is 6.61 Å². The van der Waals surface area contributed by atoms with Gasteiger partial charge in [-0.25, -0.2) is 0 Å². The van der Waals surface area contributed by atoms with Crippen molar-refractivity contribution in [2.45, 2.75) is 6.92 Å². The van der Waals surface area contributed by atoms with Gasteiger partial charge in [-0.15, -0.1) is 0 Å². The average molecular weight is 210 g/mol. The quantitative estimate of drug-likeness (QED) is 0.743. The van der Waals surface area contributed by atoms with Gasteiger partial charge >= 0.3 is 0 Å². The Labute approximate surface area is 91.6 Å². The van der Waals surface area contributed by atoms with Crippen molar-refractivity contribution in [1.29, 1.82) is 0 Å². The van der Waals surface area contributed by atoms with Crippen molar-refractivity contribution in [1.82, 2.24) is 0 Å². The maximum Gasteiger partial charge on any atom is 0.137 e. The molecule has 0 heterocycles. The lowest BCUT2D eigenvalue weighted by Gasteiger charge is -2.10. The van der Waals surface area contributed by atoms with Crippen molar-refractivity contribution in [3.63, 3.8) is 0 Å². The third-order valence-corrected chi connectivity index (χ3v) is 1.99. The molecule has 0 saturated carbocycles. The molecule has 0 radical (unpaired) electrons. The normalized spacial score (nSPS) is 10.4. The van der Waals surface area contributed by atoms with Gasteiger partial charge in [0, 0.05) is 6.07 Å². The second-order valence-electron chi connectivity index (χ2n) is 3.71. The molecule has 3 heteroatoms. The van der Waals surface area contributed by atoms with Crippen molar-refractivity contribution in [3.05, 3.63) is 24.3 Å². The summed E-state index contributed by atoms with van der Waals surface area (Å²) in [6.45, 7) is 4.39. The monoisotopic (exact) mass is 210 g/mol. The molecule has 0 aromatic heterocycles. The molecule has 0 spiro atoms. The summed E-state index contributed by atoms with van der Waals surface area (Å²) in [4.78, 5) is 1.39. The molecule has 84 valence electrons. The summed E-state index contributed by atoms with van der Waals surface area (Å²) >= 11 is 0. The minimum absolute atomic E-state index is 0.686. The van der Waals surface area contributed by atoms with Gasteiger partial charge in [-0.1, -0.05) is 6.07 Å². The maximum absolute atomic E-state index is 5.60. The topological polar surface area (TPSA) is 22.9 Å². The van der Waals surface area contributed by atoms with E-state index in [1.807, 2.05) is 31.2 Å². The number of likely N-dealkylation sites (N-methyl/N-ethyl adjacent to an activating group) is 1. The zero-order valence-electron chi connectivity index (χ0n) is 9.75. The van der Waals surface area contributed by atoms with Crippen molar-refractivity contribution < 1.29 is 14.4 Å². The van der Waals surface area contributed by atoms with Crippen LogP contribution in [0.2, 0.25) is 0 Å². The molecule has 0 saturated heterocycles. The Morgan fingerprint density at radius 2 is 1.80 bits per heavy atom. The molecule has 0 fully saturated rings. The Kier molecular flexibility index (Phi) is 4.98. The van der Waals surface area contributed by atoms with Gasteiger partial charge in [-0.05, 0) is 19.1 Å². The molecular weight excluding hydrogens is 190 g/mol. The highest BCUT2D eigenvalue weighted by Crippen LogP contribution is 2.18. The fourth-order valence-corrected chi connectivity index (χ4v) is 1.19. The van der Waals surface area contributed by atoms with Crippen LogP contribution < -0.4 is 14.4 Å². The van der Waals surface area contributed by atoms with Crippen LogP contribution in [-0.2, 0) is 0 Å². The Morgan fingerprint density at radius 3 is 2.40 bits per heavy atom. The molecule has 0 atom stereocenters. The Hall–Kier alpha value is -1.22. The third kappa shape index (κ3) is 4.70. The molecule has 0 aliphatic heterocycles. The van der Waals surface area contributed by atoms with Gasteiger partial charge in [-0.2, -0.15) is 0 Å². The first-order chi connectivity index (χ1) is 7.22. The largest absolute Gasteiger partial charge is 0.494 e. The first-order valence-electron chi connectivity index (χ1n) is 5.37. The molecular formula is C12H20NO2+. The molecule has 1 aromatic carbocycles. The number of hydrogen-bond acceptors (Lipinski definition) is 2. The number of ether oxygens (including phenoxy) is 2. The number of rotatable bonds is 6. The molecule has 0 aliphatic rings. The van der Waals surface area contributed by atoms with Crippen LogP contribution in [-0.4, -0.2) is 33.9 Å². The predicted octanol–water partition coefficient (Wildman–Crippen LogP) is 0.609. The van der Waals surface area contributed by atoms with Gasteiger partial charge in [0.1, 0.15) is 24.7 Å². The lowest BCUT2D eigenvalue weighted by atomic mass is 10.3. The number of benzene rings is 1. The van der Waals surface area contributed by atoms with E-state index in [-0.39, 0.29) is 0 Å². The van der Waals surface area contributed by atoms with Crippen molar-refractivity contribution in [2.24, 2.45) is 0 Å². The van der Waals surface area contributed by atoms with Gasteiger partial charge in [-0.3, -0.25) is 0 Å². The van der Waals surface area contributed by atoms with E-state index >= 15 is 0 Å². The van der Waals surface area contributed by atoms with Crippen LogP contribution in [0.25, 0.3) is 0 Å². The third-order valence-electron chi connectivity index (χ3n) is 1.99. The minimum Gasteiger partial charge on any atom is -0.494 e. The first kappa shape index (κ1) is 11.9. The SMILES string of the molecule is CCOc1cccc(OCC[NH+](C)C)c1. The summed E-state index contributed by atoms with van der Waals surface area (Å²) in [5.41, 5.74) is 0. The lowest BCUT2D eigenvalue weighted by molar-refractivity contribution is -0.858. The summed E-state index contributed by atoms with van der Waals surface area (Å²) in [6.07, 6.45) is 0. The van der Waals surface area contributed by atoms with Crippen LogP contribution in [0.5, 0.6) is 11.5 Å². The van der Waals surface area contributed by atoms with E-state index in [0.717, 1.165) is 24.7 Å². The molecule has 0 aliphatic carbocycles. The highest BCUT2D eigenvalue weighted by atomic mass is 16.5. The van der Waals surface area contributed by atoms with E-state index in [1.54, 1.807) is 0 Å². The van der Waals surface area contributed by atoms with Crippen LogP contribution >= 0.6 is 0 Å². The molecule has 0 bridgehead atoms. The average Bonchev–Trinajstić information content (AvgIpc) is 2.18. The van der Waals surface area contributed by atoms with Crippen LogP contribution in [0.1, 0.15) is 6.92 Å². The van der Waals surface area contributed by atoms with Gasteiger partial charge in [0.05, 0.1) is 20.7 Å². The standard InChI is InChI=1S/C12H19NO2/c1-4-14-11-6-5-7-12(10-11)15-9-8-13(2)3/h5-7,10H,4,8-9H2,1-3H3/p+1. The van der Waals surface area contributed by atoms with Crippen LogP contribution in [0.15, 0.2) is 24.3 Å². The van der Waals surface area contributed by atoms with Gasteiger partial charge in [0.15, 0.2) is 0 Å². The van der Waals surface area contributed by atoms with Crippen molar-refractivity contribution in [3.8, 4) is 11.5 Å². The van der Waals surface area contributed by atoms with Crippen LogP contribution in [0.4, 0.5) is 0 Å². The smallest absolute Gasteiger partial charge is 0.137 e. The zero-order valence-corrected chi connectivity index (χ0v) is 9.75. The second kappa shape index (κ2) is 6.30. The number of hydrogen-bond donors (Lipinski definition) is 1.